The molecule has 1 unspecified atom stereocenters. The lowest BCUT2D eigenvalue weighted by Crippen LogP contribution is -2.40. The van der Waals surface area contributed by atoms with Crippen molar-refractivity contribution < 1.29 is 28.5 Å². The average Bonchev–Trinajstić information content (AvgIpc) is 3.20. The first-order valence-corrected chi connectivity index (χ1v) is 11.4. The molecule has 178 valence electrons. The Hall–Kier alpha value is -3.03. The monoisotopic (exact) mass is 462 g/mol. The van der Waals surface area contributed by atoms with E-state index in [-0.39, 0.29) is 6.61 Å². The van der Waals surface area contributed by atoms with Crippen LogP contribution in [0.3, 0.4) is 0 Å². The average molecular weight is 463 g/mol. The van der Waals surface area contributed by atoms with Crippen LogP contribution >= 0.6 is 0 Å². The van der Waals surface area contributed by atoms with Crippen molar-refractivity contribution in [3.8, 4) is 0 Å². The Morgan fingerprint density at radius 2 is 1.44 bits per heavy atom. The highest BCUT2D eigenvalue weighted by Gasteiger charge is 2.48. The highest BCUT2D eigenvalue weighted by Crippen LogP contribution is 2.29. The number of hydrogen-bond donors (Lipinski definition) is 0. The van der Waals surface area contributed by atoms with E-state index in [0.29, 0.717) is 18.8 Å². The van der Waals surface area contributed by atoms with Crippen molar-refractivity contribution in [3.63, 3.8) is 0 Å². The molecule has 6 nitrogen and oxygen atoms in total. The lowest BCUT2D eigenvalue weighted by molar-refractivity contribution is -0.158. The number of esters is 1. The van der Waals surface area contributed by atoms with Crippen LogP contribution < -0.4 is 0 Å². The molecule has 0 N–H and O–H groups in total. The van der Waals surface area contributed by atoms with Crippen LogP contribution in [0.4, 0.5) is 0 Å². The first-order chi connectivity index (χ1) is 16.6. The van der Waals surface area contributed by atoms with Crippen molar-refractivity contribution >= 4 is 5.97 Å². The third kappa shape index (κ3) is 6.30. The summed E-state index contributed by atoms with van der Waals surface area (Å²) in [7, 11) is 1.53. The van der Waals surface area contributed by atoms with Gasteiger partial charge < -0.3 is 23.7 Å². The second kappa shape index (κ2) is 11.9. The fourth-order valence-electron chi connectivity index (χ4n) is 3.86. The second-order valence-electron chi connectivity index (χ2n) is 8.28. The second-order valence-corrected chi connectivity index (χ2v) is 8.28. The molecular weight excluding hydrogens is 432 g/mol. The zero-order valence-electron chi connectivity index (χ0n) is 19.5. The van der Waals surface area contributed by atoms with Crippen molar-refractivity contribution in [3.05, 3.63) is 107 Å². The van der Waals surface area contributed by atoms with E-state index < -0.39 is 30.6 Å². The number of carbonyl (C=O) groups is 1. The molecule has 1 heterocycles. The molecule has 3 aromatic rings. The Kier molecular flexibility index (Phi) is 8.44. The Morgan fingerprint density at radius 3 is 2.06 bits per heavy atom. The van der Waals surface area contributed by atoms with Crippen molar-refractivity contribution in [2.75, 3.05) is 13.7 Å². The summed E-state index contributed by atoms with van der Waals surface area (Å²) in [6.07, 6.45) is -2.53. The fraction of sp³-hybridized carbons (Fsp3) is 0.321. The van der Waals surface area contributed by atoms with Crippen LogP contribution in [0, 0.1) is 6.92 Å². The zero-order valence-corrected chi connectivity index (χ0v) is 19.5. The van der Waals surface area contributed by atoms with Gasteiger partial charge in [0.1, 0.15) is 12.2 Å². The van der Waals surface area contributed by atoms with E-state index in [1.165, 1.54) is 7.11 Å². The van der Waals surface area contributed by atoms with E-state index in [1.807, 2.05) is 79.7 Å². The molecule has 0 radical (unpaired) electrons. The largest absolute Gasteiger partial charge is 0.450 e. The summed E-state index contributed by atoms with van der Waals surface area (Å²) in [6, 6.07) is 27.0. The van der Waals surface area contributed by atoms with E-state index in [2.05, 4.69) is 0 Å². The van der Waals surface area contributed by atoms with Crippen molar-refractivity contribution in [1.29, 1.82) is 0 Å². The molecule has 1 aliphatic rings. The molecule has 6 heteroatoms. The van der Waals surface area contributed by atoms with E-state index in [0.717, 1.165) is 16.7 Å². The van der Waals surface area contributed by atoms with Crippen LogP contribution in [0.2, 0.25) is 0 Å². The molecule has 1 fully saturated rings. The predicted molar refractivity (Wildman–Crippen MR) is 127 cm³/mol. The summed E-state index contributed by atoms with van der Waals surface area (Å²) in [5.74, 6) is -0.449. The summed E-state index contributed by atoms with van der Waals surface area (Å²) < 4.78 is 29.6. The topological polar surface area (TPSA) is 63.2 Å². The maximum atomic E-state index is 12.9. The Morgan fingerprint density at radius 1 is 0.824 bits per heavy atom. The van der Waals surface area contributed by atoms with Gasteiger partial charge in [-0.1, -0.05) is 78.4 Å². The van der Waals surface area contributed by atoms with Gasteiger partial charge >= 0.3 is 5.97 Å². The quantitative estimate of drug-likeness (QED) is 0.407. The zero-order chi connectivity index (χ0) is 23.8. The lowest BCUT2D eigenvalue weighted by Gasteiger charge is -2.24. The molecule has 4 rings (SSSR count). The van der Waals surface area contributed by atoms with Crippen molar-refractivity contribution in [1.82, 2.24) is 0 Å². The van der Waals surface area contributed by atoms with Crippen LogP contribution in [-0.2, 0) is 36.9 Å². The molecule has 0 saturated carbocycles. The summed E-state index contributed by atoms with van der Waals surface area (Å²) in [6.45, 7) is 3.03. The molecule has 1 aliphatic heterocycles. The SMILES string of the molecule is COC1O[C@@H](COCc2ccccc2)[C@@H](OCc2ccccc2)[C@@H]1OC(=O)c1ccc(C)cc1. The Labute approximate surface area is 200 Å². The third-order valence-electron chi connectivity index (χ3n) is 5.71. The molecule has 0 aromatic heterocycles. The molecule has 0 spiro atoms. The lowest BCUT2D eigenvalue weighted by atomic mass is 10.1. The van der Waals surface area contributed by atoms with Crippen molar-refractivity contribution in [2.45, 2.75) is 44.7 Å². The third-order valence-corrected chi connectivity index (χ3v) is 5.71. The van der Waals surface area contributed by atoms with Gasteiger partial charge in [-0.2, -0.15) is 0 Å². The van der Waals surface area contributed by atoms with E-state index >= 15 is 0 Å². The van der Waals surface area contributed by atoms with Gasteiger partial charge in [-0.3, -0.25) is 0 Å². The summed E-state index contributed by atoms with van der Waals surface area (Å²) in [5, 5.41) is 0. The van der Waals surface area contributed by atoms with E-state index in [4.69, 9.17) is 23.7 Å². The predicted octanol–water partition coefficient (Wildman–Crippen LogP) is 4.69. The molecule has 34 heavy (non-hydrogen) atoms. The summed E-state index contributed by atoms with van der Waals surface area (Å²) in [5.41, 5.74) is 3.60. The number of aryl methyl sites for hydroxylation is 1. The highest BCUT2D eigenvalue weighted by molar-refractivity contribution is 5.89. The fourth-order valence-corrected chi connectivity index (χ4v) is 3.86. The minimum Gasteiger partial charge on any atom is -0.450 e. The normalized spacial score (nSPS) is 21.9. The minimum atomic E-state index is -0.763. The van der Waals surface area contributed by atoms with Crippen LogP contribution in [0.15, 0.2) is 84.9 Å². The summed E-state index contributed by atoms with van der Waals surface area (Å²) in [4.78, 5) is 12.9. The molecule has 1 saturated heterocycles. The Bertz CT molecular complexity index is 1020. The van der Waals surface area contributed by atoms with Crippen LogP contribution in [0.25, 0.3) is 0 Å². The standard InChI is InChI=1S/C28H30O6/c1-20-13-15-23(16-14-20)27(29)34-26-25(32-18-22-11-7-4-8-12-22)24(33-28(26)30-2)19-31-17-21-9-5-3-6-10-21/h3-16,24-26,28H,17-19H2,1-2H3/t24-,25+,26-,28?/m0/s1. The number of benzene rings is 3. The van der Waals surface area contributed by atoms with Gasteiger partial charge in [-0.15, -0.1) is 0 Å². The molecular formula is C28H30O6. The minimum absolute atomic E-state index is 0.271. The molecule has 4 atom stereocenters. The number of ether oxygens (including phenoxy) is 5. The number of rotatable bonds is 10. The van der Waals surface area contributed by atoms with Crippen LogP contribution in [-0.4, -0.2) is 44.3 Å². The van der Waals surface area contributed by atoms with Gasteiger partial charge in [0.15, 0.2) is 12.4 Å². The first-order valence-electron chi connectivity index (χ1n) is 11.4. The summed E-state index contributed by atoms with van der Waals surface area (Å²) >= 11 is 0. The van der Waals surface area contributed by atoms with Gasteiger partial charge in [0.25, 0.3) is 0 Å². The smallest absolute Gasteiger partial charge is 0.338 e. The van der Waals surface area contributed by atoms with Gasteiger partial charge in [0, 0.05) is 7.11 Å². The highest BCUT2D eigenvalue weighted by atomic mass is 16.7. The van der Waals surface area contributed by atoms with Gasteiger partial charge in [0.2, 0.25) is 0 Å². The van der Waals surface area contributed by atoms with Gasteiger partial charge in [0.05, 0.1) is 25.4 Å². The maximum absolute atomic E-state index is 12.9. The number of hydrogen-bond acceptors (Lipinski definition) is 6. The molecule has 0 aliphatic carbocycles. The van der Waals surface area contributed by atoms with Crippen LogP contribution in [0.5, 0.6) is 0 Å². The van der Waals surface area contributed by atoms with Gasteiger partial charge in [-0.25, -0.2) is 4.79 Å². The number of methoxy groups -OCH3 is 1. The number of carbonyl (C=O) groups excluding carboxylic acids is 1. The Balaban J connectivity index is 1.47. The maximum Gasteiger partial charge on any atom is 0.338 e. The van der Waals surface area contributed by atoms with Crippen LogP contribution in [0.1, 0.15) is 27.0 Å². The van der Waals surface area contributed by atoms with Gasteiger partial charge in [-0.05, 0) is 30.2 Å². The first kappa shape index (κ1) is 24.1. The van der Waals surface area contributed by atoms with E-state index in [9.17, 15) is 4.79 Å². The molecule has 0 amide bonds. The molecule has 3 aromatic carbocycles. The van der Waals surface area contributed by atoms with Crippen molar-refractivity contribution in [2.24, 2.45) is 0 Å². The molecule has 0 bridgehead atoms. The van der Waals surface area contributed by atoms with E-state index in [1.54, 1.807) is 12.1 Å².